The summed E-state index contributed by atoms with van der Waals surface area (Å²) in [5.41, 5.74) is 0. The summed E-state index contributed by atoms with van der Waals surface area (Å²) >= 11 is 12.9. The minimum Gasteiger partial charge on any atom is -0.412 e. The fourth-order valence-corrected chi connectivity index (χ4v) is 0.408. The van der Waals surface area contributed by atoms with Gasteiger partial charge >= 0.3 is 32.0 Å². The van der Waals surface area contributed by atoms with Crippen LogP contribution in [0, 0.1) is 0 Å². The summed E-state index contributed by atoms with van der Waals surface area (Å²) in [7, 11) is 0. The molecule has 0 rings (SSSR count). The van der Waals surface area contributed by atoms with Gasteiger partial charge in [0.15, 0.2) is 0 Å². The average Bonchev–Trinajstić information content (AvgIpc) is 2.23. The van der Waals surface area contributed by atoms with Gasteiger partial charge < -0.3 is 14.9 Å². The van der Waals surface area contributed by atoms with Crippen molar-refractivity contribution < 1.29 is 14.9 Å². The molecule has 0 atom stereocenters. The van der Waals surface area contributed by atoms with E-state index in [1.807, 2.05) is 27.7 Å². The summed E-state index contributed by atoms with van der Waals surface area (Å²) in [5.74, 6) is 0. The third-order valence-electron chi connectivity index (χ3n) is 0.816. The Morgan fingerprint density at radius 1 is 0.647 bits per heavy atom. The van der Waals surface area contributed by atoms with E-state index in [1.165, 1.54) is 0 Å². The monoisotopic (exact) mass is 530 g/mol. The quantitative estimate of drug-likeness (QED) is 0.515. The molecule has 0 saturated heterocycles. The third-order valence-corrected chi connectivity index (χ3v) is 0.816. The Morgan fingerprint density at radius 3 is 0.765 bits per heavy atom. The molecule has 0 aromatic rings. The fourth-order valence-electron chi connectivity index (χ4n) is 0.408. The Kier molecular flexibility index (Phi) is 96.2. The Balaban J connectivity index is -0.0000000381. The maximum Gasteiger partial charge on any atom is 0.560 e. The van der Waals surface area contributed by atoms with Gasteiger partial charge in [-0.2, -0.15) is 0 Å². The van der Waals surface area contributed by atoms with E-state index in [1.54, 1.807) is 0 Å². The second kappa shape index (κ2) is 50.6. The Labute approximate surface area is 150 Å². The van der Waals surface area contributed by atoms with Gasteiger partial charge in [-0.25, -0.2) is 0 Å². The van der Waals surface area contributed by atoms with Crippen LogP contribution in [0.25, 0.3) is 0 Å². The molecule has 0 heterocycles. The Morgan fingerprint density at radius 2 is 0.765 bits per heavy atom. The largest absolute Gasteiger partial charge is 0.560 e. The predicted octanol–water partition coefficient (Wildman–Crippen LogP) is 3.88. The normalized spacial score (nSPS) is 6.12. The maximum atomic E-state index is 4.83. The van der Waals surface area contributed by atoms with Crippen LogP contribution in [0.2, 0.25) is 0 Å². The zero-order valence-corrected chi connectivity index (χ0v) is 20.2. The van der Waals surface area contributed by atoms with Gasteiger partial charge in [0, 0.05) is 26.4 Å². The highest BCUT2D eigenvalue weighted by atomic mass is 79.9. The zero-order valence-electron chi connectivity index (χ0n) is 11.1. The Hall–Kier alpha value is 3.33. The lowest BCUT2D eigenvalue weighted by Gasteiger charge is -1.86. The summed E-state index contributed by atoms with van der Waals surface area (Å²) < 4.78 is 9.67. The summed E-state index contributed by atoms with van der Waals surface area (Å²) in [6, 6.07) is 0. The molecule has 0 aliphatic carbocycles. The van der Waals surface area contributed by atoms with Crippen molar-refractivity contribution in [2.24, 2.45) is 0 Å². The number of rotatable bonds is 4. The van der Waals surface area contributed by atoms with Crippen LogP contribution in [0.15, 0.2) is 0 Å². The molecule has 0 unspecified atom stereocenters. The van der Waals surface area contributed by atoms with Crippen LogP contribution in [0.3, 0.4) is 0 Å². The van der Waals surface area contributed by atoms with E-state index in [-0.39, 0.29) is 37.5 Å². The van der Waals surface area contributed by atoms with Crippen LogP contribution in [-0.4, -0.2) is 63.9 Å². The van der Waals surface area contributed by atoms with Crippen molar-refractivity contribution in [2.75, 3.05) is 26.4 Å². The predicted molar refractivity (Wildman–Crippen MR) is 95.2 cm³/mol. The van der Waals surface area contributed by atoms with E-state index in [4.69, 9.17) is 9.47 Å². The van der Waals surface area contributed by atoms with E-state index in [0.29, 0.717) is 0 Å². The first-order chi connectivity index (χ1) is 7.66. The van der Waals surface area contributed by atoms with E-state index in [2.05, 4.69) is 51.5 Å². The highest BCUT2D eigenvalue weighted by Crippen LogP contribution is 1.78. The molecule has 0 spiro atoms. The minimum atomic E-state index is 0. The molecule has 0 amide bonds. The van der Waals surface area contributed by atoms with Crippen molar-refractivity contribution in [3.63, 3.8) is 0 Å². The molecule has 0 aliphatic heterocycles. The molecule has 3 nitrogen and oxygen atoms in total. The lowest BCUT2D eigenvalue weighted by Crippen LogP contribution is -1.84. The first-order valence-electron chi connectivity index (χ1n) is 5.05. The van der Waals surface area contributed by atoms with Crippen molar-refractivity contribution in [1.82, 2.24) is 0 Å². The molecule has 0 bridgehead atoms. The molecule has 0 saturated carbocycles. The van der Waals surface area contributed by atoms with Crippen molar-refractivity contribution in [1.29, 1.82) is 0 Å². The van der Waals surface area contributed by atoms with Crippen molar-refractivity contribution >= 4 is 83.6 Å². The van der Waals surface area contributed by atoms with Crippen molar-refractivity contribution in [3.8, 4) is 0 Å². The molecule has 0 fully saturated rings. The van der Waals surface area contributed by atoms with Crippen LogP contribution in [0.1, 0.15) is 27.7 Å². The van der Waals surface area contributed by atoms with Gasteiger partial charge in [-0.3, -0.25) is 51.5 Å². The summed E-state index contributed by atoms with van der Waals surface area (Å²) in [6.45, 7) is 11.3. The van der Waals surface area contributed by atoms with E-state index >= 15 is 0 Å². The van der Waals surface area contributed by atoms with Gasteiger partial charge in [-0.1, -0.05) is 0 Å². The number of hydrogen-bond acceptors (Lipinski definition) is 2. The lowest BCUT2D eigenvalue weighted by atomic mass is 10.8. The van der Waals surface area contributed by atoms with Gasteiger partial charge in [0.2, 0.25) is 0 Å². The zero-order chi connectivity index (χ0) is 13.7. The van der Waals surface area contributed by atoms with E-state index < -0.39 is 0 Å². The molecule has 0 aromatic heterocycles. The standard InChI is InChI=1S/2C4H10O.4BrH.2Mg.H2O/c2*1-3-5-4-2;;;;;;;/h2*3-4H2,1-2H3;4*1H;;;1H2/q;;;;;;2*+2;/p-4. The highest BCUT2D eigenvalue weighted by molar-refractivity contribution is 9.47. The van der Waals surface area contributed by atoms with Crippen LogP contribution in [0.4, 0.5) is 0 Å². The maximum absolute atomic E-state index is 4.83. The number of ether oxygens (including phenoxy) is 2. The molecule has 0 aromatic carbocycles. The minimum absolute atomic E-state index is 0. The second-order valence-corrected chi connectivity index (χ2v) is 17.9. The number of hydrogen-bond donors (Lipinski definition) is 0. The van der Waals surface area contributed by atoms with E-state index in [9.17, 15) is 0 Å². The topological polar surface area (TPSA) is 50.0 Å². The molecule has 2 N–H and O–H groups in total. The van der Waals surface area contributed by atoms with Crippen LogP contribution in [-0.2, 0) is 9.47 Å². The van der Waals surface area contributed by atoms with E-state index in [0.717, 1.165) is 26.4 Å². The van der Waals surface area contributed by atoms with Gasteiger partial charge in [0.05, 0.1) is 0 Å². The molecule has 17 heavy (non-hydrogen) atoms. The van der Waals surface area contributed by atoms with Gasteiger partial charge in [-0.05, 0) is 27.7 Å². The summed E-state index contributed by atoms with van der Waals surface area (Å²) in [6.07, 6.45) is 0. The second-order valence-electron chi connectivity index (χ2n) is 1.76. The van der Waals surface area contributed by atoms with Crippen LogP contribution < -0.4 is 0 Å². The summed E-state index contributed by atoms with van der Waals surface area (Å²) in [5, 5.41) is 0. The van der Waals surface area contributed by atoms with Gasteiger partial charge in [-0.15, -0.1) is 0 Å². The van der Waals surface area contributed by atoms with Gasteiger partial charge in [0.1, 0.15) is 0 Å². The third kappa shape index (κ3) is 108. The number of halogens is 4. The van der Waals surface area contributed by atoms with Crippen molar-refractivity contribution in [2.45, 2.75) is 27.7 Å². The molecule has 0 radical (unpaired) electrons. The molecule has 104 valence electrons. The first kappa shape index (κ1) is 32.3. The highest BCUT2D eigenvalue weighted by Gasteiger charge is 1.64. The SMILES string of the molecule is CCOCC.CCOCC.O.[Br][Mg][Br].[Br][Mg][Br]. The van der Waals surface area contributed by atoms with Crippen molar-refractivity contribution in [3.05, 3.63) is 0 Å². The van der Waals surface area contributed by atoms with Crippen LogP contribution in [0.5, 0.6) is 0 Å². The fraction of sp³-hybridized carbons (Fsp3) is 1.00. The average molecular weight is 534 g/mol. The molecular formula is C8H22Br4Mg2O3. The smallest absolute Gasteiger partial charge is 0.412 e. The first-order valence-corrected chi connectivity index (χ1v) is 20.6. The lowest BCUT2D eigenvalue weighted by molar-refractivity contribution is 0.162. The van der Waals surface area contributed by atoms with Gasteiger partial charge in [0.25, 0.3) is 0 Å². The molecular weight excluding hydrogens is 512 g/mol. The van der Waals surface area contributed by atoms with Crippen LogP contribution >= 0.6 is 51.5 Å². The summed E-state index contributed by atoms with van der Waals surface area (Å²) in [4.78, 5) is 0. The molecule has 0 aliphatic rings. The Bertz CT molecular complexity index is 66.7. The molecule has 9 heteroatoms.